The first-order valence-electron chi connectivity index (χ1n) is 5.68. The number of fused-ring (bicyclic) bond motifs is 1. The SMILES string of the molecule is Nc1ccc(NC(=O)c2ccc3nc[nH]c3c2)cn1. The summed E-state index contributed by atoms with van der Waals surface area (Å²) in [6.07, 6.45) is 3.11. The van der Waals surface area contributed by atoms with Crippen LogP contribution < -0.4 is 11.1 Å². The molecule has 3 rings (SSSR count). The Morgan fingerprint density at radius 2 is 2.11 bits per heavy atom. The van der Waals surface area contributed by atoms with E-state index >= 15 is 0 Å². The minimum atomic E-state index is -0.205. The molecule has 0 unspecified atom stereocenters. The lowest BCUT2D eigenvalue weighted by atomic mass is 10.2. The van der Waals surface area contributed by atoms with Gasteiger partial charge in [-0.2, -0.15) is 0 Å². The van der Waals surface area contributed by atoms with Gasteiger partial charge in [-0.15, -0.1) is 0 Å². The molecule has 4 N–H and O–H groups in total. The van der Waals surface area contributed by atoms with Gasteiger partial charge in [0.05, 0.1) is 29.2 Å². The summed E-state index contributed by atoms with van der Waals surface area (Å²) in [7, 11) is 0. The summed E-state index contributed by atoms with van der Waals surface area (Å²) in [4.78, 5) is 23.0. The number of nitrogens with two attached hydrogens (primary N) is 1. The normalized spacial score (nSPS) is 10.5. The molecule has 0 aliphatic heterocycles. The van der Waals surface area contributed by atoms with Gasteiger partial charge in [0.2, 0.25) is 0 Å². The minimum Gasteiger partial charge on any atom is -0.384 e. The van der Waals surface area contributed by atoms with Crippen LogP contribution in [0.3, 0.4) is 0 Å². The summed E-state index contributed by atoms with van der Waals surface area (Å²) >= 11 is 0. The highest BCUT2D eigenvalue weighted by molar-refractivity contribution is 6.05. The lowest BCUT2D eigenvalue weighted by molar-refractivity contribution is 0.102. The maximum absolute atomic E-state index is 12.1. The van der Waals surface area contributed by atoms with E-state index in [2.05, 4.69) is 20.3 Å². The first kappa shape index (κ1) is 11.2. The lowest BCUT2D eigenvalue weighted by Gasteiger charge is -2.05. The Balaban J connectivity index is 1.84. The van der Waals surface area contributed by atoms with Crippen molar-refractivity contribution in [3.63, 3.8) is 0 Å². The first-order chi connectivity index (χ1) is 9.22. The second-order valence-corrected chi connectivity index (χ2v) is 4.06. The number of pyridine rings is 1. The molecule has 0 saturated carbocycles. The number of H-pyrrole nitrogens is 1. The van der Waals surface area contributed by atoms with Gasteiger partial charge in [0.1, 0.15) is 5.82 Å². The minimum absolute atomic E-state index is 0.205. The van der Waals surface area contributed by atoms with Crippen LogP contribution in [0.2, 0.25) is 0 Å². The molecular formula is C13H11N5O. The van der Waals surface area contributed by atoms with Crippen LogP contribution in [0.1, 0.15) is 10.4 Å². The van der Waals surface area contributed by atoms with Crippen LogP contribution in [0.4, 0.5) is 11.5 Å². The Labute approximate surface area is 108 Å². The monoisotopic (exact) mass is 253 g/mol. The number of rotatable bonds is 2. The smallest absolute Gasteiger partial charge is 0.255 e. The van der Waals surface area contributed by atoms with E-state index in [0.717, 1.165) is 11.0 Å². The number of aromatic amines is 1. The third-order valence-corrected chi connectivity index (χ3v) is 2.73. The molecule has 0 bridgehead atoms. The summed E-state index contributed by atoms with van der Waals surface area (Å²) in [5.74, 6) is 0.208. The Bertz CT molecular complexity index is 732. The van der Waals surface area contributed by atoms with E-state index in [0.29, 0.717) is 17.1 Å². The number of hydrogen-bond donors (Lipinski definition) is 3. The summed E-state index contributed by atoms with van der Waals surface area (Å²) in [6, 6.07) is 8.61. The molecule has 0 atom stereocenters. The fourth-order valence-electron chi connectivity index (χ4n) is 1.76. The van der Waals surface area contributed by atoms with Crippen LogP contribution in [0, 0.1) is 0 Å². The maximum Gasteiger partial charge on any atom is 0.255 e. The Morgan fingerprint density at radius 1 is 1.21 bits per heavy atom. The molecule has 0 fully saturated rings. The highest BCUT2D eigenvalue weighted by atomic mass is 16.1. The third kappa shape index (κ3) is 2.23. The molecule has 19 heavy (non-hydrogen) atoms. The number of imidazole rings is 1. The Hall–Kier alpha value is -2.89. The Kier molecular flexibility index (Phi) is 2.60. The molecule has 0 saturated heterocycles. The van der Waals surface area contributed by atoms with Crippen molar-refractivity contribution in [2.45, 2.75) is 0 Å². The average molecular weight is 253 g/mol. The molecule has 6 heteroatoms. The zero-order valence-corrected chi connectivity index (χ0v) is 9.92. The summed E-state index contributed by atoms with van der Waals surface area (Å²) < 4.78 is 0. The second-order valence-electron chi connectivity index (χ2n) is 4.06. The van der Waals surface area contributed by atoms with Gasteiger partial charge in [-0.3, -0.25) is 4.79 Å². The van der Waals surface area contributed by atoms with Crippen molar-refractivity contribution < 1.29 is 4.79 Å². The van der Waals surface area contributed by atoms with E-state index in [9.17, 15) is 4.79 Å². The van der Waals surface area contributed by atoms with Crippen molar-refractivity contribution in [2.75, 3.05) is 11.1 Å². The van der Waals surface area contributed by atoms with E-state index in [4.69, 9.17) is 5.73 Å². The molecular weight excluding hydrogens is 242 g/mol. The number of nitrogen functional groups attached to an aromatic ring is 1. The number of aromatic nitrogens is 3. The quantitative estimate of drug-likeness (QED) is 0.648. The molecule has 1 amide bonds. The lowest BCUT2D eigenvalue weighted by Crippen LogP contribution is -2.12. The number of hydrogen-bond acceptors (Lipinski definition) is 4. The molecule has 2 aromatic heterocycles. The van der Waals surface area contributed by atoms with E-state index in [1.54, 1.807) is 36.7 Å². The van der Waals surface area contributed by atoms with Crippen molar-refractivity contribution in [1.29, 1.82) is 0 Å². The molecule has 1 aromatic carbocycles. The van der Waals surface area contributed by atoms with Crippen molar-refractivity contribution in [3.05, 3.63) is 48.4 Å². The van der Waals surface area contributed by atoms with Gasteiger partial charge in [-0.25, -0.2) is 9.97 Å². The van der Waals surface area contributed by atoms with E-state index in [-0.39, 0.29) is 5.91 Å². The number of nitrogens with one attached hydrogen (secondary N) is 2. The average Bonchev–Trinajstić information content (AvgIpc) is 2.88. The van der Waals surface area contributed by atoms with Crippen molar-refractivity contribution in [1.82, 2.24) is 15.0 Å². The molecule has 0 aliphatic rings. The van der Waals surface area contributed by atoms with Gasteiger partial charge in [-0.1, -0.05) is 0 Å². The number of benzene rings is 1. The number of nitrogens with zero attached hydrogens (tertiary/aromatic N) is 2. The maximum atomic E-state index is 12.1. The van der Waals surface area contributed by atoms with Crippen LogP contribution in [-0.2, 0) is 0 Å². The van der Waals surface area contributed by atoms with Crippen LogP contribution in [-0.4, -0.2) is 20.9 Å². The van der Waals surface area contributed by atoms with Crippen LogP contribution in [0.15, 0.2) is 42.9 Å². The molecule has 3 aromatic rings. The van der Waals surface area contributed by atoms with Crippen molar-refractivity contribution >= 4 is 28.4 Å². The molecule has 0 aliphatic carbocycles. The summed E-state index contributed by atoms with van der Waals surface area (Å²) in [5, 5.41) is 2.75. The Morgan fingerprint density at radius 3 is 2.89 bits per heavy atom. The number of carbonyl (C=O) groups is 1. The molecule has 6 nitrogen and oxygen atoms in total. The second kappa shape index (κ2) is 4.41. The van der Waals surface area contributed by atoms with E-state index < -0.39 is 0 Å². The zero-order valence-electron chi connectivity index (χ0n) is 9.92. The molecule has 2 heterocycles. The van der Waals surface area contributed by atoms with Crippen LogP contribution in [0.5, 0.6) is 0 Å². The van der Waals surface area contributed by atoms with Gasteiger partial charge in [0.25, 0.3) is 5.91 Å². The standard InChI is InChI=1S/C13H11N5O/c14-12-4-2-9(6-15-12)18-13(19)8-1-3-10-11(5-8)17-7-16-10/h1-7H,(H2,14,15)(H,16,17)(H,18,19). The van der Waals surface area contributed by atoms with Crippen LogP contribution >= 0.6 is 0 Å². The zero-order chi connectivity index (χ0) is 13.2. The summed E-state index contributed by atoms with van der Waals surface area (Å²) in [6.45, 7) is 0. The summed E-state index contributed by atoms with van der Waals surface area (Å²) in [5.41, 5.74) is 8.28. The fraction of sp³-hybridized carbons (Fsp3) is 0. The van der Waals surface area contributed by atoms with Crippen molar-refractivity contribution in [3.8, 4) is 0 Å². The van der Waals surface area contributed by atoms with Gasteiger partial charge in [-0.05, 0) is 30.3 Å². The van der Waals surface area contributed by atoms with Crippen LogP contribution in [0.25, 0.3) is 11.0 Å². The highest BCUT2D eigenvalue weighted by Gasteiger charge is 2.07. The largest absolute Gasteiger partial charge is 0.384 e. The van der Waals surface area contributed by atoms with E-state index in [1.807, 2.05) is 0 Å². The van der Waals surface area contributed by atoms with Crippen molar-refractivity contribution in [2.24, 2.45) is 0 Å². The van der Waals surface area contributed by atoms with E-state index in [1.165, 1.54) is 6.20 Å². The van der Waals surface area contributed by atoms with Gasteiger partial charge in [0.15, 0.2) is 0 Å². The third-order valence-electron chi connectivity index (χ3n) is 2.73. The fourth-order valence-corrected chi connectivity index (χ4v) is 1.76. The number of anilines is 2. The predicted octanol–water partition coefficient (Wildman–Crippen LogP) is 1.79. The topological polar surface area (TPSA) is 96.7 Å². The van der Waals surface area contributed by atoms with Gasteiger partial charge in [0, 0.05) is 5.56 Å². The number of carbonyl (C=O) groups excluding carboxylic acids is 1. The highest BCUT2D eigenvalue weighted by Crippen LogP contribution is 2.14. The van der Waals surface area contributed by atoms with Gasteiger partial charge < -0.3 is 16.0 Å². The predicted molar refractivity (Wildman–Crippen MR) is 72.7 cm³/mol. The molecule has 0 radical (unpaired) electrons. The first-order valence-corrected chi connectivity index (χ1v) is 5.68. The van der Waals surface area contributed by atoms with Gasteiger partial charge >= 0.3 is 0 Å². The molecule has 0 spiro atoms. The molecule has 94 valence electrons. The number of amides is 1.